The van der Waals surface area contributed by atoms with E-state index in [9.17, 15) is 4.79 Å². The van der Waals surface area contributed by atoms with Gasteiger partial charge in [0.15, 0.2) is 0 Å². The van der Waals surface area contributed by atoms with Gasteiger partial charge >= 0.3 is 0 Å². The summed E-state index contributed by atoms with van der Waals surface area (Å²) in [6.07, 6.45) is 2.06. The quantitative estimate of drug-likeness (QED) is 0.865. The van der Waals surface area contributed by atoms with Crippen LogP contribution in [0, 0.1) is 6.92 Å². The predicted octanol–water partition coefficient (Wildman–Crippen LogP) is 2.10. The van der Waals surface area contributed by atoms with Crippen LogP contribution in [-0.2, 0) is 4.79 Å². The lowest BCUT2D eigenvalue weighted by Gasteiger charge is -2.24. The number of amides is 1. The van der Waals surface area contributed by atoms with Gasteiger partial charge < -0.3 is 10.2 Å². The van der Waals surface area contributed by atoms with Crippen LogP contribution in [-0.4, -0.2) is 25.0 Å². The Kier molecular flexibility index (Phi) is 3.79. The number of carbonyl (C=O) groups excluding carboxylic acids is 1. The van der Waals surface area contributed by atoms with Crippen molar-refractivity contribution in [3.8, 4) is 0 Å². The number of hydrogen-bond acceptors (Lipinski definition) is 2. The highest BCUT2D eigenvalue weighted by atomic mass is 16.2. The Labute approximate surface area is 103 Å². The Bertz CT molecular complexity index is 397. The Balaban J connectivity index is 2.17. The van der Waals surface area contributed by atoms with Gasteiger partial charge in [0.2, 0.25) is 5.91 Å². The SMILES string of the molecule is CCN(C(=O)[C@H]1CCCN1)c1cccc(C)c1. The summed E-state index contributed by atoms with van der Waals surface area (Å²) >= 11 is 0. The zero-order chi connectivity index (χ0) is 12.3. The normalized spacial score (nSPS) is 19.3. The molecule has 92 valence electrons. The third-order valence-corrected chi connectivity index (χ3v) is 3.25. The van der Waals surface area contributed by atoms with Crippen LogP contribution in [0.2, 0.25) is 0 Å². The Morgan fingerprint density at radius 3 is 2.94 bits per heavy atom. The minimum absolute atomic E-state index is 0.00969. The van der Waals surface area contributed by atoms with E-state index in [0.717, 1.165) is 31.6 Å². The summed E-state index contributed by atoms with van der Waals surface area (Å²) in [6.45, 7) is 5.76. The monoisotopic (exact) mass is 232 g/mol. The van der Waals surface area contributed by atoms with E-state index < -0.39 is 0 Å². The van der Waals surface area contributed by atoms with Crippen molar-refractivity contribution >= 4 is 11.6 Å². The van der Waals surface area contributed by atoms with Gasteiger partial charge in [-0.05, 0) is 50.9 Å². The van der Waals surface area contributed by atoms with Crippen molar-refractivity contribution < 1.29 is 4.79 Å². The molecule has 0 saturated carbocycles. The second-order valence-electron chi connectivity index (χ2n) is 4.57. The van der Waals surface area contributed by atoms with Crippen molar-refractivity contribution in [1.29, 1.82) is 0 Å². The second kappa shape index (κ2) is 5.32. The van der Waals surface area contributed by atoms with Crippen LogP contribution in [0.5, 0.6) is 0 Å². The van der Waals surface area contributed by atoms with Crippen LogP contribution in [0.25, 0.3) is 0 Å². The third-order valence-electron chi connectivity index (χ3n) is 3.25. The maximum absolute atomic E-state index is 12.4. The van der Waals surface area contributed by atoms with Gasteiger partial charge in [0.1, 0.15) is 0 Å². The molecular formula is C14H20N2O. The van der Waals surface area contributed by atoms with Gasteiger partial charge in [-0.1, -0.05) is 12.1 Å². The molecule has 0 aromatic heterocycles. The van der Waals surface area contributed by atoms with Crippen LogP contribution in [0.1, 0.15) is 25.3 Å². The molecule has 2 rings (SSSR count). The zero-order valence-corrected chi connectivity index (χ0v) is 10.6. The summed E-state index contributed by atoms with van der Waals surface area (Å²) in [7, 11) is 0. The lowest BCUT2D eigenvalue weighted by molar-refractivity contribution is -0.120. The van der Waals surface area contributed by atoms with Crippen molar-refractivity contribution in [3.63, 3.8) is 0 Å². The summed E-state index contributed by atoms with van der Waals surface area (Å²) in [6, 6.07) is 8.13. The standard InChI is InChI=1S/C14H20N2O/c1-3-16(12-7-4-6-11(2)10-12)14(17)13-8-5-9-15-13/h4,6-7,10,13,15H,3,5,8-9H2,1-2H3/t13-/m1/s1. The number of aryl methyl sites for hydroxylation is 1. The predicted molar refractivity (Wildman–Crippen MR) is 70.2 cm³/mol. The Hall–Kier alpha value is -1.35. The van der Waals surface area contributed by atoms with Crippen LogP contribution >= 0.6 is 0 Å². The first-order valence-electron chi connectivity index (χ1n) is 6.34. The van der Waals surface area contributed by atoms with Gasteiger partial charge in [-0.25, -0.2) is 0 Å². The average Bonchev–Trinajstić information content (AvgIpc) is 2.83. The minimum Gasteiger partial charge on any atom is -0.311 e. The maximum Gasteiger partial charge on any atom is 0.244 e. The molecular weight excluding hydrogens is 212 g/mol. The van der Waals surface area contributed by atoms with Crippen molar-refractivity contribution in [2.45, 2.75) is 32.7 Å². The molecule has 3 nitrogen and oxygen atoms in total. The molecule has 1 heterocycles. The fourth-order valence-electron chi connectivity index (χ4n) is 2.34. The van der Waals surface area contributed by atoms with Crippen LogP contribution in [0.4, 0.5) is 5.69 Å². The first kappa shape index (κ1) is 12.1. The highest BCUT2D eigenvalue weighted by Crippen LogP contribution is 2.18. The van der Waals surface area contributed by atoms with E-state index in [0.29, 0.717) is 0 Å². The molecule has 1 amide bonds. The summed E-state index contributed by atoms with van der Waals surface area (Å²) < 4.78 is 0. The summed E-state index contributed by atoms with van der Waals surface area (Å²) in [5.41, 5.74) is 2.19. The van der Waals surface area contributed by atoms with Crippen LogP contribution in [0.15, 0.2) is 24.3 Å². The molecule has 1 fully saturated rings. The van der Waals surface area contributed by atoms with Crippen molar-refractivity contribution in [1.82, 2.24) is 5.32 Å². The topological polar surface area (TPSA) is 32.3 Å². The third kappa shape index (κ3) is 2.67. The summed E-state index contributed by atoms with van der Waals surface area (Å²) in [5, 5.41) is 3.26. The van der Waals surface area contributed by atoms with Crippen molar-refractivity contribution in [2.24, 2.45) is 0 Å². The van der Waals surface area contributed by atoms with Crippen molar-refractivity contribution in [3.05, 3.63) is 29.8 Å². The fraction of sp³-hybridized carbons (Fsp3) is 0.500. The lowest BCUT2D eigenvalue weighted by atomic mass is 10.1. The number of hydrogen-bond donors (Lipinski definition) is 1. The number of anilines is 1. The molecule has 0 aliphatic carbocycles. The van der Waals surface area contributed by atoms with Crippen LogP contribution < -0.4 is 10.2 Å². The first-order valence-corrected chi connectivity index (χ1v) is 6.34. The van der Waals surface area contributed by atoms with Gasteiger partial charge in [-0.2, -0.15) is 0 Å². The average molecular weight is 232 g/mol. The van der Waals surface area contributed by atoms with E-state index in [2.05, 4.69) is 24.4 Å². The largest absolute Gasteiger partial charge is 0.311 e. The molecule has 0 spiro atoms. The number of rotatable bonds is 3. The number of carbonyl (C=O) groups is 1. The smallest absolute Gasteiger partial charge is 0.244 e. The highest BCUT2D eigenvalue weighted by Gasteiger charge is 2.26. The van der Waals surface area contributed by atoms with E-state index >= 15 is 0 Å². The molecule has 1 aromatic carbocycles. The van der Waals surface area contributed by atoms with Crippen molar-refractivity contribution in [2.75, 3.05) is 18.0 Å². The van der Waals surface area contributed by atoms with Gasteiger partial charge in [0.25, 0.3) is 0 Å². The fourth-order valence-corrected chi connectivity index (χ4v) is 2.34. The highest BCUT2D eigenvalue weighted by molar-refractivity contribution is 5.97. The molecule has 1 aliphatic heterocycles. The first-order chi connectivity index (χ1) is 8.22. The van der Waals surface area contributed by atoms with Gasteiger partial charge in [-0.3, -0.25) is 4.79 Å². The Morgan fingerprint density at radius 2 is 2.35 bits per heavy atom. The van der Waals surface area contributed by atoms with Gasteiger partial charge in [0, 0.05) is 12.2 Å². The second-order valence-corrected chi connectivity index (χ2v) is 4.57. The van der Waals surface area contributed by atoms with Gasteiger partial charge in [-0.15, -0.1) is 0 Å². The summed E-state index contributed by atoms with van der Waals surface area (Å²) in [5.74, 6) is 0.204. The molecule has 0 unspecified atom stereocenters. The zero-order valence-electron chi connectivity index (χ0n) is 10.6. The number of likely N-dealkylation sites (N-methyl/N-ethyl adjacent to an activating group) is 1. The van der Waals surface area contributed by atoms with E-state index in [4.69, 9.17) is 0 Å². The Morgan fingerprint density at radius 1 is 1.53 bits per heavy atom. The van der Waals surface area contributed by atoms with E-state index in [-0.39, 0.29) is 11.9 Å². The molecule has 1 atom stereocenters. The van der Waals surface area contributed by atoms with E-state index in [1.54, 1.807) is 0 Å². The summed E-state index contributed by atoms with van der Waals surface area (Å²) in [4.78, 5) is 14.2. The molecule has 0 bridgehead atoms. The molecule has 1 aliphatic rings. The lowest BCUT2D eigenvalue weighted by Crippen LogP contribution is -2.43. The molecule has 0 radical (unpaired) electrons. The van der Waals surface area contributed by atoms with E-state index in [1.807, 2.05) is 24.0 Å². The minimum atomic E-state index is 0.00969. The molecule has 1 aromatic rings. The maximum atomic E-state index is 12.4. The molecule has 17 heavy (non-hydrogen) atoms. The van der Waals surface area contributed by atoms with Gasteiger partial charge in [0.05, 0.1) is 6.04 Å². The number of nitrogens with one attached hydrogen (secondary N) is 1. The molecule has 1 N–H and O–H groups in total. The molecule has 3 heteroatoms. The van der Waals surface area contributed by atoms with Crippen LogP contribution in [0.3, 0.4) is 0 Å². The van der Waals surface area contributed by atoms with E-state index in [1.165, 1.54) is 5.56 Å². The number of benzene rings is 1. The number of nitrogens with zero attached hydrogens (tertiary/aromatic N) is 1. The molecule has 1 saturated heterocycles.